The molecule has 5 nitrogen and oxygen atoms in total. The number of hydrogen-bond acceptors (Lipinski definition) is 5. The molecule has 1 aromatic heterocycles. The predicted molar refractivity (Wildman–Crippen MR) is 87.0 cm³/mol. The van der Waals surface area contributed by atoms with Crippen molar-refractivity contribution in [3.05, 3.63) is 51.2 Å². The normalized spacial score (nSPS) is 11.7. The molecule has 0 spiro atoms. The minimum absolute atomic E-state index is 0.137. The van der Waals surface area contributed by atoms with Gasteiger partial charge in [0.25, 0.3) is 5.91 Å². The Hall–Kier alpha value is -2.05. The number of para-hydroxylation sites is 1. The second-order valence-electron chi connectivity index (χ2n) is 4.58. The number of halogens is 1. The molecule has 1 atom stereocenters. The molecule has 3 N–H and O–H groups in total. The predicted octanol–water partition coefficient (Wildman–Crippen LogP) is 3.02. The van der Waals surface area contributed by atoms with Gasteiger partial charge in [0.05, 0.1) is 22.3 Å². The summed E-state index contributed by atoms with van der Waals surface area (Å²) in [6.45, 7) is 1.49. The third kappa shape index (κ3) is 3.99. The number of carbonyl (C=O) groups is 2. The quantitative estimate of drug-likeness (QED) is 0.648. The monoisotopic (exact) mass is 338 g/mol. The van der Waals surface area contributed by atoms with Crippen LogP contribution in [0.4, 0.5) is 5.69 Å². The number of nitrogens with one attached hydrogen (secondary N) is 1. The molecule has 0 radical (unpaired) electrons. The van der Waals surface area contributed by atoms with Crippen LogP contribution >= 0.6 is 22.9 Å². The summed E-state index contributed by atoms with van der Waals surface area (Å²) < 4.78 is 4.96. The first kappa shape index (κ1) is 16.3. The number of esters is 1. The molecule has 0 fully saturated rings. The average Bonchev–Trinajstić information content (AvgIpc) is 3.02. The van der Waals surface area contributed by atoms with Gasteiger partial charge in [0.2, 0.25) is 0 Å². The van der Waals surface area contributed by atoms with Gasteiger partial charge in [0.15, 0.2) is 6.61 Å². The summed E-state index contributed by atoms with van der Waals surface area (Å²) in [4.78, 5) is 24.7. The number of ether oxygens (including phenoxy) is 1. The summed E-state index contributed by atoms with van der Waals surface area (Å²) in [5.74, 6) is -1.06. The van der Waals surface area contributed by atoms with Crippen LogP contribution < -0.4 is 11.1 Å². The molecule has 0 saturated heterocycles. The van der Waals surface area contributed by atoms with Gasteiger partial charge in [-0.25, -0.2) is 4.79 Å². The Morgan fingerprint density at radius 1 is 1.36 bits per heavy atom. The number of amides is 1. The van der Waals surface area contributed by atoms with Gasteiger partial charge in [-0.2, -0.15) is 0 Å². The second-order valence-corrected chi connectivity index (χ2v) is 5.97. The maximum Gasteiger partial charge on any atom is 0.340 e. The van der Waals surface area contributed by atoms with Gasteiger partial charge in [0.1, 0.15) is 0 Å². The largest absolute Gasteiger partial charge is 0.452 e. The summed E-state index contributed by atoms with van der Waals surface area (Å²) in [5, 5.41) is 4.95. The highest BCUT2D eigenvalue weighted by Gasteiger charge is 2.16. The average molecular weight is 339 g/mol. The maximum atomic E-state index is 11.9. The van der Waals surface area contributed by atoms with Gasteiger partial charge < -0.3 is 15.8 Å². The van der Waals surface area contributed by atoms with E-state index in [-0.39, 0.29) is 34.8 Å². The number of thiophene rings is 1. The summed E-state index contributed by atoms with van der Waals surface area (Å²) in [6.07, 6.45) is 0. The van der Waals surface area contributed by atoms with Crippen molar-refractivity contribution in [2.45, 2.75) is 13.0 Å². The summed E-state index contributed by atoms with van der Waals surface area (Å²) >= 11 is 7.38. The molecule has 116 valence electrons. The molecule has 0 unspecified atom stereocenters. The zero-order valence-corrected chi connectivity index (χ0v) is 13.4. The molecule has 0 bridgehead atoms. The van der Waals surface area contributed by atoms with Gasteiger partial charge in [-0.05, 0) is 30.5 Å². The van der Waals surface area contributed by atoms with Crippen LogP contribution in [-0.4, -0.2) is 18.5 Å². The third-order valence-corrected chi connectivity index (χ3v) is 4.34. The summed E-state index contributed by atoms with van der Waals surface area (Å²) in [6, 6.07) is 8.36. The van der Waals surface area contributed by atoms with Crippen LogP contribution in [0.25, 0.3) is 0 Å². The fourth-order valence-corrected chi connectivity index (χ4v) is 2.72. The minimum atomic E-state index is -0.682. The van der Waals surface area contributed by atoms with Crippen molar-refractivity contribution in [3.63, 3.8) is 0 Å². The third-order valence-electron chi connectivity index (χ3n) is 2.95. The van der Waals surface area contributed by atoms with E-state index in [4.69, 9.17) is 22.1 Å². The summed E-state index contributed by atoms with van der Waals surface area (Å²) in [5.41, 5.74) is 5.99. The fourth-order valence-electron chi connectivity index (χ4n) is 1.82. The Morgan fingerprint density at radius 2 is 2.14 bits per heavy atom. The Morgan fingerprint density at radius 3 is 2.82 bits per heavy atom. The van der Waals surface area contributed by atoms with E-state index < -0.39 is 5.97 Å². The number of nitrogens with two attached hydrogens (primary N) is 1. The van der Waals surface area contributed by atoms with Gasteiger partial charge >= 0.3 is 5.97 Å². The van der Waals surface area contributed by atoms with Crippen molar-refractivity contribution >= 4 is 40.5 Å². The van der Waals surface area contributed by atoms with Crippen molar-refractivity contribution in [3.8, 4) is 0 Å². The van der Waals surface area contributed by atoms with Crippen molar-refractivity contribution in [2.24, 2.45) is 0 Å². The van der Waals surface area contributed by atoms with Crippen molar-refractivity contribution in [2.75, 3.05) is 12.3 Å². The van der Waals surface area contributed by atoms with Crippen LogP contribution in [0.1, 0.15) is 28.2 Å². The lowest BCUT2D eigenvalue weighted by Crippen LogP contribution is -2.30. The lowest BCUT2D eigenvalue weighted by Gasteiger charge is -2.12. The Kier molecular flexibility index (Phi) is 5.41. The molecule has 1 aromatic carbocycles. The van der Waals surface area contributed by atoms with Gasteiger partial charge in [0, 0.05) is 4.88 Å². The second kappa shape index (κ2) is 7.29. The number of rotatable bonds is 5. The van der Waals surface area contributed by atoms with E-state index in [0.29, 0.717) is 0 Å². The zero-order chi connectivity index (χ0) is 16.1. The molecular formula is C15H15ClN2O3S. The van der Waals surface area contributed by atoms with Crippen LogP contribution in [0.15, 0.2) is 35.7 Å². The molecule has 0 aliphatic carbocycles. The smallest absolute Gasteiger partial charge is 0.340 e. The molecule has 2 aromatic rings. The van der Waals surface area contributed by atoms with Crippen LogP contribution in [0, 0.1) is 0 Å². The first-order valence-electron chi connectivity index (χ1n) is 6.53. The highest BCUT2D eigenvalue weighted by atomic mass is 35.5. The highest BCUT2D eigenvalue weighted by molar-refractivity contribution is 7.10. The zero-order valence-electron chi connectivity index (χ0n) is 11.8. The van der Waals surface area contributed by atoms with E-state index in [1.807, 2.05) is 24.4 Å². The van der Waals surface area contributed by atoms with Gasteiger partial charge in [-0.15, -0.1) is 11.3 Å². The molecule has 1 heterocycles. The van der Waals surface area contributed by atoms with E-state index >= 15 is 0 Å². The van der Waals surface area contributed by atoms with E-state index in [9.17, 15) is 9.59 Å². The van der Waals surface area contributed by atoms with Crippen LogP contribution in [0.2, 0.25) is 5.02 Å². The molecule has 7 heteroatoms. The van der Waals surface area contributed by atoms with Crippen molar-refractivity contribution < 1.29 is 14.3 Å². The maximum absolute atomic E-state index is 11.9. The lowest BCUT2D eigenvalue weighted by atomic mass is 10.2. The van der Waals surface area contributed by atoms with Crippen LogP contribution in [-0.2, 0) is 9.53 Å². The molecule has 1 amide bonds. The van der Waals surface area contributed by atoms with Gasteiger partial charge in [-0.1, -0.05) is 23.7 Å². The first-order chi connectivity index (χ1) is 10.5. The molecular weight excluding hydrogens is 324 g/mol. The fraction of sp³-hybridized carbons (Fsp3) is 0.200. The number of benzene rings is 1. The molecule has 0 aliphatic rings. The van der Waals surface area contributed by atoms with E-state index in [2.05, 4.69) is 5.32 Å². The minimum Gasteiger partial charge on any atom is -0.452 e. The molecule has 2 rings (SSSR count). The van der Waals surface area contributed by atoms with Crippen LogP contribution in [0.3, 0.4) is 0 Å². The lowest BCUT2D eigenvalue weighted by molar-refractivity contribution is -0.124. The SMILES string of the molecule is C[C@H](NC(=O)COC(=O)c1cccc(Cl)c1N)c1cccs1. The number of hydrogen-bond donors (Lipinski definition) is 2. The number of nitrogen functional groups attached to an aromatic ring is 1. The Balaban J connectivity index is 1.88. The van der Waals surface area contributed by atoms with Gasteiger partial charge in [-0.3, -0.25) is 4.79 Å². The Bertz CT molecular complexity index is 673. The standard InChI is InChI=1S/C15H15ClN2O3S/c1-9(12-6-3-7-22-12)18-13(19)8-21-15(20)10-4-2-5-11(16)14(10)17/h2-7,9H,8,17H2,1H3,(H,18,19)/t9-/m0/s1. The highest BCUT2D eigenvalue weighted by Crippen LogP contribution is 2.23. The topological polar surface area (TPSA) is 81.4 Å². The molecule has 22 heavy (non-hydrogen) atoms. The molecule has 0 aliphatic heterocycles. The van der Waals surface area contributed by atoms with Crippen molar-refractivity contribution in [1.82, 2.24) is 5.32 Å². The number of carbonyl (C=O) groups excluding carboxylic acids is 2. The van der Waals surface area contributed by atoms with Crippen molar-refractivity contribution in [1.29, 1.82) is 0 Å². The van der Waals surface area contributed by atoms with E-state index in [0.717, 1.165) is 4.88 Å². The molecule has 0 saturated carbocycles. The first-order valence-corrected chi connectivity index (χ1v) is 7.78. The van der Waals surface area contributed by atoms with E-state index in [1.54, 1.807) is 23.5 Å². The van der Waals surface area contributed by atoms with E-state index in [1.165, 1.54) is 6.07 Å². The Labute approximate surface area is 137 Å². The summed E-state index contributed by atoms with van der Waals surface area (Å²) in [7, 11) is 0. The van der Waals surface area contributed by atoms with Crippen LogP contribution in [0.5, 0.6) is 0 Å². The number of anilines is 1.